The van der Waals surface area contributed by atoms with Crippen LogP contribution in [0.1, 0.15) is 24.2 Å². The Labute approximate surface area is 209 Å². The molecular weight excluding hydrogens is 464 g/mol. The molecule has 4 rings (SSSR count). The minimum Gasteiger partial charge on any atom is -0.495 e. The van der Waals surface area contributed by atoms with Gasteiger partial charge in [0.15, 0.2) is 0 Å². The van der Waals surface area contributed by atoms with E-state index in [1.165, 1.54) is 11.9 Å². The molecule has 0 radical (unpaired) electrons. The third-order valence-corrected chi connectivity index (χ3v) is 6.55. The van der Waals surface area contributed by atoms with Crippen LogP contribution in [0, 0.1) is 5.92 Å². The van der Waals surface area contributed by atoms with E-state index in [9.17, 15) is 9.59 Å². The van der Waals surface area contributed by atoms with Crippen molar-refractivity contribution in [2.75, 3.05) is 44.6 Å². The van der Waals surface area contributed by atoms with E-state index in [0.717, 1.165) is 21.5 Å². The molecule has 0 spiro atoms. The van der Waals surface area contributed by atoms with Gasteiger partial charge in [0, 0.05) is 43.3 Å². The number of carbonyl (C=O) groups excluding carboxylic acids is 2. The number of ether oxygens (including phenoxy) is 2. The van der Waals surface area contributed by atoms with Gasteiger partial charge >= 0.3 is 6.09 Å². The number of para-hydroxylation sites is 1. The lowest BCUT2D eigenvalue weighted by Gasteiger charge is -2.34. The van der Waals surface area contributed by atoms with E-state index in [1.807, 2.05) is 50.2 Å². The predicted molar refractivity (Wildman–Crippen MR) is 138 cm³/mol. The molecule has 1 aromatic heterocycles. The molecule has 3 aromatic rings. The molecule has 0 aliphatic carbocycles. The summed E-state index contributed by atoms with van der Waals surface area (Å²) in [4.78, 5) is 34.2. The molecule has 0 saturated carbocycles. The number of methoxy groups -OCH3 is 1. The van der Waals surface area contributed by atoms with Crippen molar-refractivity contribution in [3.05, 3.63) is 60.3 Å². The Bertz CT molecular complexity index is 1190. The zero-order chi connectivity index (χ0) is 24.8. The first-order valence-electron chi connectivity index (χ1n) is 11.6. The topological polar surface area (TPSA) is 84.0 Å². The summed E-state index contributed by atoms with van der Waals surface area (Å²) in [6.45, 7) is 6.22. The summed E-state index contributed by atoms with van der Waals surface area (Å²) in [5.74, 6) is 0.778. The normalized spacial score (nSPS) is 13.7. The van der Waals surface area contributed by atoms with Crippen LogP contribution >= 0.6 is 11.9 Å². The Morgan fingerprint density at radius 1 is 1.06 bits per heavy atom. The number of hydrogen-bond donors (Lipinski definition) is 1. The molecule has 2 aromatic carbocycles. The first-order valence-corrected chi connectivity index (χ1v) is 12.4. The van der Waals surface area contributed by atoms with Crippen LogP contribution in [0.2, 0.25) is 0 Å². The minimum atomic E-state index is -0.318. The third kappa shape index (κ3) is 5.97. The average Bonchev–Trinajstić information content (AvgIpc) is 2.90. The van der Waals surface area contributed by atoms with Crippen LogP contribution in [-0.2, 0) is 4.74 Å². The van der Waals surface area contributed by atoms with Gasteiger partial charge < -0.3 is 24.0 Å². The highest BCUT2D eigenvalue weighted by Gasteiger charge is 2.26. The highest BCUT2D eigenvalue weighted by molar-refractivity contribution is 8.00. The number of anilines is 1. The van der Waals surface area contributed by atoms with E-state index in [-0.39, 0.29) is 17.9 Å². The van der Waals surface area contributed by atoms with Crippen LogP contribution in [0.25, 0.3) is 10.9 Å². The molecule has 1 fully saturated rings. The van der Waals surface area contributed by atoms with E-state index in [1.54, 1.807) is 35.2 Å². The maximum absolute atomic E-state index is 13.1. The number of piperazine rings is 1. The molecule has 0 bridgehead atoms. The summed E-state index contributed by atoms with van der Waals surface area (Å²) in [5, 5.41) is 1.07. The molecule has 8 nitrogen and oxygen atoms in total. The van der Waals surface area contributed by atoms with Gasteiger partial charge in [-0.3, -0.25) is 9.78 Å². The lowest BCUT2D eigenvalue weighted by atomic mass is 10.1. The lowest BCUT2D eigenvalue weighted by molar-refractivity contribution is 0.0535. The standard InChI is InChI=1S/C26H30N4O4S/c1-18(2)17-34-26(32)30-14-12-29(13-15-30)25(31)20-9-10-21(22(16-20)33-3)28-35-23-8-4-6-19-7-5-11-27-24(19)23/h4-11,16,18,28H,12-15,17H2,1-3H3. The summed E-state index contributed by atoms with van der Waals surface area (Å²) in [5.41, 5.74) is 2.23. The molecule has 1 saturated heterocycles. The smallest absolute Gasteiger partial charge is 0.409 e. The maximum Gasteiger partial charge on any atom is 0.409 e. The number of benzene rings is 2. The molecular formula is C26H30N4O4S. The number of hydrogen-bond acceptors (Lipinski definition) is 7. The number of carbonyl (C=O) groups is 2. The second-order valence-electron chi connectivity index (χ2n) is 8.70. The Hall–Kier alpha value is -3.46. The number of pyridine rings is 1. The third-order valence-electron chi connectivity index (χ3n) is 5.68. The second kappa shape index (κ2) is 11.3. The number of nitrogens with zero attached hydrogens (tertiary/aromatic N) is 3. The van der Waals surface area contributed by atoms with E-state index in [4.69, 9.17) is 9.47 Å². The number of nitrogens with one attached hydrogen (secondary N) is 1. The fraction of sp³-hybridized carbons (Fsp3) is 0.346. The van der Waals surface area contributed by atoms with Crippen LogP contribution in [0.15, 0.2) is 59.6 Å². The van der Waals surface area contributed by atoms with E-state index < -0.39 is 0 Å². The minimum absolute atomic E-state index is 0.0871. The summed E-state index contributed by atoms with van der Waals surface area (Å²) < 4.78 is 14.2. The molecule has 2 heterocycles. The lowest BCUT2D eigenvalue weighted by Crippen LogP contribution is -2.50. The van der Waals surface area contributed by atoms with Crippen LogP contribution < -0.4 is 9.46 Å². The molecule has 0 unspecified atom stereocenters. The maximum atomic E-state index is 13.1. The van der Waals surface area contributed by atoms with Gasteiger partial charge in [0.05, 0.1) is 29.8 Å². The van der Waals surface area contributed by atoms with Crippen molar-refractivity contribution in [2.45, 2.75) is 18.7 Å². The van der Waals surface area contributed by atoms with Crippen molar-refractivity contribution < 1.29 is 19.1 Å². The molecule has 35 heavy (non-hydrogen) atoms. The quantitative estimate of drug-likeness (QED) is 0.467. The van der Waals surface area contributed by atoms with Gasteiger partial charge in [0.25, 0.3) is 5.91 Å². The van der Waals surface area contributed by atoms with Gasteiger partial charge in [-0.15, -0.1) is 0 Å². The SMILES string of the molecule is COc1cc(C(=O)N2CCN(C(=O)OCC(C)C)CC2)ccc1NSc1cccc2cccnc12. The molecule has 1 N–H and O–H groups in total. The fourth-order valence-corrected chi connectivity index (χ4v) is 4.58. The van der Waals surface area contributed by atoms with Crippen LogP contribution in [0.4, 0.5) is 10.5 Å². The number of fused-ring (bicyclic) bond motifs is 1. The number of rotatable bonds is 7. The summed E-state index contributed by atoms with van der Waals surface area (Å²) in [7, 11) is 1.58. The van der Waals surface area contributed by atoms with Gasteiger partial charge in [-0.05, 0) is 48.2 Å². The Kier molecular flexibility index (Phi) is 7.97. The molecule has 0 atom stereocenters. The van der Waals surface area contributed by atoms with Crippen molar-refractivity contribution in [3.8, 4) is 5.75 Å². The van der Waals surface area contributed by atoms with E-state index >= 15 is 0 Å². The van der Waals surface area contributed by atoms with Gasteiger partial charge in [-0.2, -0.15) is 0 Å². The Morgan fingerprint density at radius 3 is 2.54 bits per heavy atom. The second-order valence-corrected chi connectivity index (χ2v) is 9.55. The van der Waals surface area contributed by atoms with Gasteiger partial charge in [0.1, 0.15) is 5.75 Å². The van der Waals surface area contributed by atoms with Crippen molar-refractivity contribution in [1.82, 2.24) is 14.8 Å². The number of aromatic nitrogens is 1. The number of amides is 2. The molecule has 1 aliphatic rings. The van der Waals surface area contributed by atoms with Crippen LogP contribution in [0.3, 0.4) is 0 Å². The summed E-state index contributed by atoms with van der Waals surface area (Å²) >= 11 is 1.45. The highest BCUT2D eigenvalue weighted by Crippen LogP contribution is 2.33. The monoisotopic (exact) mass is 494 g/mol. The molecule has 184 valence electrons. The van der Waals surface area contributed by atoms with Crippen molar-refractivity contribution >= 4 is 40.5 Å². The van der Waals surface area contributed by atoms with Crippen molar-refractivity contribution in [3.63, 3.8) is 0 Å². The van der Waals surface area contributed by atoms with E-state index in [2.05, 4.69) is 9.71 Å². The summed E-state index contributed by atoms with van der Waals surface area (Å²) in [6.07, 6.45) is 1.46. The van der Waals surface area contributed by atoms with Crippen molar-refractivity contribution in [2.24, 2.45) is 5.92 Å². The van der Waals surface area contributed by atoms with Gasteiger partial charge in [0.2, 0.25) is 0 Å². The summed E-state index contributed by atoms with van der Waals surface area (Å²) in [6, 6.07) is 15.4. The zero-order valence-corrected chi connectivity index (χ0v) is 21.0. The molecule has 2 amide bonds. The Morgan fingerprint density at radius 2 is 1.80 bits per heavy atom. The van der Waals surface area contributed by atoms with Crippen molar-refractivity contribution in [1.29, 1.82) is 0 Å². The fourth-order valence-electron chi connectivity index (χ4n) is 3.78. The van der Waals surface area contributed by atoms with Gasteiger partial charge in [-0.1, -0.05) is 32.0 Å². The molecule has 9 heteroatoms. The zero-order valence-electron chi connectivity index (χ0n) is 20.2. The highest BCUT2D eigenvalue weighted by atomic mass is 32.2. The van der Waals surface area contributed by atoms with Gasteiger partial charge in [-0.25, -0.2) is 4.79 Å². The predicted octanol–water partition coefficient (Wildman–Crippen LogP) is 4.91. The van der Waals surface area contributed by atoms with E-state index in [0.29, 0.717) is 44.1 Å². The largest absolute Gasteiger partial charge is 0.495 e. The first kappa shape index (κ1) is 24.7. The van der Waals surface area contributed by atoms with Crippen LogP contribution in [0.5, 0.6) is 5.75 Å². The Balaban J connectivity index is 1.38. The van der Waals surface area contributed by atoms with Crippen LogP contribution in [-0.4, -0.2) is 66.7 Å². The first-order chi connectivity index (χ1) is 17.0. The average molecular weight is 495 g/mol. The molecule has 1 aliphatic heterocycles.